The lowest BCUT2D eigenvalue weighted by Crippen LogP contribution is -2.60. The summed E-state index contributed by atoms with van der Waals surface area (Å²) in [5.74, 6) is -0.501. The Hall–Kier alpha value is -3.60. The highest BCUT2D eigenvalue weighted by atomic mass is 32.1. The number of hydrogen-bond donors (Lipinski definition) is 4. The second-order valence-electron chi connectivity index (χ2n) is 9.17. The molecule has 0 saturated carbocycles. The lowest BCUT2D eigenvalue weighted by Gasteiger charge is -2.43. The third-order valence-electron chi connectivity index (χ3n) is 7.19. The summed E-state index contributed by atoms with van der Waals surface area (Å²) in [6, 6.07) is 9.40. The number of nitrogens with one attached hydrogen (secondary N) is 3. The van der Waals surface area contributed by atoms with Crippen molar-refractivity contribution in [2.75, 3.05) is 25.0 Å². The zero-order valence-corrected chi connectivity index (χ0v) is 20.1. The van der Waals surface area contributed by atoms with Gasteiger partial charge in [0.2, 0.25) is 5.95 Å². The lowest BCUT2D eigenvalue weighted by molar-refractivity contribution is -0.122. The molecule has 0 radical (unpaired) electrons. The Kier molecular flexibility index (Phi) is 4.99. The Morgan fingerprint density at radius 3 is 2.77 bits per heavy atom. The van der Waals surface area contributed by atoms with Gasteiger partial charge in [-0.25, -0.2) is 9.97 Å². The number of β-amino-alcohol motifs (C(OH)–C–C–N with tert-alkyl or cyclic N) is 1. The molecular weight excluding hydrogens is 464 g/mol. The van der Waals surface area contributed by atoms with Crippen molar-refractivity contribution in [3.63, 3.8) is 0 Å². The van der Waals surface area contributed by atoms with Crippen molar-refractivity contribution in [1.82, 2.24) is 25.6 Å². The van der Waals surface area contributed by atoms with Gasteiger partial charge in [-0.3, -0.25) is 14.9 Å². The third-order valence-corrected chi connectivity index (χ3v) is 8.14. The number of aliphatic hydroxyl groups is 1. The van der Waals surface area contributed by atoms with E-state index in [-0.39, 0.29) is 5.57 Å². The number of likely N-dealkylation sites (N-methyl/N-ethyl adjacent to an activating group) is 1. The predicted molar refractivity (Wildman–Crippen MR) is 136 cm³/mol. The molecular formula is C25H24N6O3S. The number of para-hydroxylation sites is 1. The molecule has 2 aliphatic heterocycles. The normalized spacial score (nSPS) is 23.1. The number of nitrogens with zero attached hydrogens (tertiary/aromatic N) is 3. The molecule has 178 valence electrons. The zero-order valence-electron chi connectivity index (χ0n) is 19.3. The van der Waals surface area contributed by atoms with E-state index in [9.17, 15) is 14.7 Å². The second kappa shape index (κ2) is 7.98. The Morgan fingerprint density at radius 1 is 1.17 bits per heavy atom. The molecule has 1 fully saturated rings. The number of hydrogen-bond acceptors (Lipinski definition) is 8. The largest absolute Gasteiger partial charge is 0.389 e. The summed E-state index contributed by atoms with van der Waals surface area (Å²) in [4.78, 5) is 40.9. The van der Waals surface area contributed by atoms with Crippen LogP contribution in [0.1, 0.15) is 24.6 Å². The Balaban J connectivity index is 1.55. The van der Waals surface area contributed by atoms with Crippen molar-refractivity contribution in [2.24, 2.45) is 0 Å². The van der Waals surface area contributed by atoms with Gasteiger partial charge in [-0.1, -0.05) is 18.2 Å². The van der Waals surface area contributed by atoms with Crippen molar-refractivity contribution < 1.29 is 14.7 Å². The van der Waals surface area contributed by atoms with Gasteiger partial charge in [-0.05, 0) is 37.9 Å². The first-order valence-electron chi connectivity index (χ1n) is 11.4. The number of piperidine rings is 1. The molecule has 2 atom stereocenters. The summed E-state index contributed by atoms with van der Waals surface area (Å²) in [5.41, 5.74) is 2.80. The fraction of sp³-hybridized carbons (Fsp3) is 0.280. The average molecular weight is 489 g/mol. The number of rotatable bonds is 4. The van der Waals surface area contributed by atoms with E-state index in [0.29, 0.717) is 53.2 Å². The van der Waals surface area contributed by atoms with Gasteiger partial charge in [-0.2, -0.15) is 0 Å². The summed E-state index contributed by atoms with van der Waals surface area (Å²) < 4.78 is 0.909. The molecule has 9 nitrogen and oxygen atoms in total. The number of fused-ring (bicyclic) bond motifs is 2. The number of anilines is 1. The molecule has 0 spiro atoms. The number of amides is 2. The van der Waals surface area contributed by atoms with Crippen LogP contribution in [-0.2, 0) is 9.59 Å². The van der Waals surface area contributed by atoms with Crippen LogP contribution in [0.5, 0.6) is 0 Å². The number of aromatic amines is 1. The third kappa shape index (κ3) is 3.36. The Bertz CT molecular complexity index is 1540. The van der Waals surface area contributed by atoms with Gasteiger partial charge in [0.05, 0.1) is 38.7 Å². The average Bonchev–Trinajstić information content (AvgIpc) is 3.55. The van der Waals surface area contributed by atoms with Crippen LogP contribution in [0, 0.1) is 0 Å². The number of thiophene rings is 1. The van der Waals surface area contributed by atoms with E-state index in [2.05, 4.69) is 15.6 Å². The number of carbonyl (C=O) groups excluding carboxylic acids is 2. The molecule has 2 unspecified atom stereocenters. The van der Waals surface area contributed by atoms with Gasteiger partial charge in [0.15, 0.2) is 0 Å². The monoisotopic (exact) mass is 488 g/mol. The molecule has 2 amide bonds. The van der Waals surface area contributed by atoms with Crippen LogP contribution in [0.2, 0.25) is 0 Å². The SMILES string of the molecule is CNC1(C)CCN(c2nc(C3=C(c4c[nH]c5ccsc45)C(=O)NC3=O)c3ccccc3n2)CC1O. The highest BCUT2D eigenvalue weighted by molar-refractivity contribution is 7.17. The maximum atomic E-state index is 13.2. The van der Waals surface area contributed by atoms with Gasteiger partial charge in [0.1, 0.15) is 0 Å². The van der Waals surface area contributed by atoms with Crippen LogP contribution in [0.3, 0.4) is 0 Å². The standard InChI is InChI=1S/C25H24N6O3S/c1-25(26-2)8-9-31(12-17(25)32)24-28-15-6-4-3-5-13(15)20(29-24)19-18(22(33)30-23(19)34)14-11-27-16-7-10-35-21(14)16/h3-7,10-11,17,26-27,32H,8-9,12H2,1-2H3,(H,30,33,34). The molecule has 0 aliphatic carbocycles. The number of carbonyl (C=O) groups is 2. The topological polar surface area (TPSA) is 123 Å². The summed E-state index contributed by atoms with van der Waals surface area (Å²) in [5, 5.41) is 19.1. The van der Waals surface area contributed by atoms with Gasteiger partial charge >= 0.3 is 0 Å². The minimum absolute atomic E-state index is 0.238. The molecule has 35 heavy (non-hydrogen) atoms. The van der Waals surface area contributed by atoms with Gasteiger partial charge in [-0.15, -0.1) is 11.3 Å². The number of benzene rings is 1. The first-order valence-corrected chi connectivity index (χ1v) is 12.3. The zero-order chi connectivity index (χ0) is 24.3. The van der Waals surface area contributed by atoms with E-state index in [0.717, 1.165) is 10.2 Å². The number of imide groups is 1. The van der Waals surface area contributed by atoms with Crippen LogP contribution in [0.4, 0.5) is 5.95 Å². The van der Waals surface area contributed by atoms with Crippen molar-refractivity contribution in [3.05, 3.63) is 53.2 Å². The smallest absolute Gasteiger partial charge is 0.261 e. The van der Waals surface area contributed by atoms with E-state index in [1.807, 2.05) is 54.6 Å². The molecule has 10 heteroatoms. The van der Waals surface area contributed by atoms with E-state index in [4.69, 9.17) is 9.97 Å². The summed E-state index contributed by atoms with van der Waals surface area (Å²) in [6.45, 7) is 2.98. The maximum absolute atomic E-state index is 13.2. The van der Waals surface area contributed by atoms with Crippen LogP contribution in [0.15, 0.2) is 41.9 Å². The number of aliphatic hydroxyl groups excluding tert-OH is 1. The number of aromatic nitrogens is 3. The summed E-state index contributed by atoms with van der Waals surface area (Å²) in [6.07, 6.45) is 1.83. The summed E-state index contributed by atoms with van der Waals surface area (Å²) in [7, 11) is 1.85. The molecule has 2 aliphatic rings. The van der Waals surface area contributed by atoms with Crippen LogP contribution in [0.25, 0.3) is 32.3 Å². The molecule has 4 aromatic rings. The predicted octanol–water partition coefficient (Wildman–Crippen LogP) is 2.29. The molecule has 1 saturated heterocycles. The van der Waals surface area contributed by atoms with Crippen LogP contribution in [-0.4, -0.2) is 63.7 Å². The molecule has 1 aromatic carbocycles. The Labute approximate surface area is 204 Å². The van der Waals surface area contributed by atoms with Crippen LogP contribution >= 0.6 is 11.3 Å². The Morgan fingerprint density at radius 2 is 1.97 bits per heavy atom. The molecule has 5 heterocycles. The lowest BCUT2D eigenvalue weighted by atomic mass is 9.87. The highest BCUT2D eigenvalue weighted by Crippen LogP contribution is 2.38. The van der Waals surface area contributed by atoms with Crippen molar-refractivity contribution >= 4 is 61.4 Å². The summed E-state index contributed by atoms with van der Waals surface area (Å²) >= 11 is 1.51. The van der Waals surface area contributed by atoms with Crippen molar-refractivity contribution in [3.8, 4) is 0 Å². The van der Waals surface area contributed by atoms with Gasteiger partial charge in [0, 0.05) is 35.8 Å². The van der Waals surface area contributed by atoms with E-state index >= 15 is 0 Å². The number of H-pyrrole nitrogens is 1. The highest BCUT2D eigenvalue weighted by Gasteiger charge is 2.39. The van der Waals surface area contributed by atoms with Gasteiger partial charge < -0.3 is 20.3 Å². The first-order chi connectivity index (χ1) is 16.9. The van der Waals surface area contributed by atoms with E-state index in [1.54, 1.807) is 6.20 Å². The fourth-order valence-corrected chi connectivity index (χ4v) is 5.76. The maximum Gasteiger partial charge on any atom is 0.261 e. The molecule has 0 bridgehead atoms. The fourth-order valence-electron chi connectivity index (χ4n) is 4.88. The van der Waals surface area contributed by atoms with Gasteiger partial charge in [0.25, 0.3) is 11.8 Å². The van der Waals surface area contributed by atoms with E-state index in [1.165, 1.54) is 11.3 Å². The minimum atomic E-state index is -0.627. The first kappa shape index (κ1) is 21.9. The van der Waals surface area contributed by atoms with Crippen LogP contribution < -0.4 is 15.5 Å². The molecule has 3 aromatic heterocycles. The minimum Gasteiger partial charge on any atom is -0.389 e. The van der Waals surface area contributed by atoms with E-state index < -0.39 is 23.5 Å². The van der Waals surface area contributed by atoms with Crippen molar-refractivity contribution in [2.45, 2.75) is 25.0 Å². The molecule has 6 rings (SSSR count). The van der Waals surface area contributed by atoms with Crippen molar-refractivity contribution in [1.29, 1.82) is 0 Å². The second-order valence-corrected chi connectivity index (χ2v) is 10.1. The quantitative estimate of drug-likeness (QED) is 0.325. The molecule has 4 N–H and O–H groups in total.